The minimum absolute atomic E-state index is 0.0320. The average Bonchev–Trinajstić information content (AvgIpc) is 3.45. The minimum atomic E-state index is -5.00. The van der Waals surface area contributed by atoms with Crippen LogP contribution in [-0.4, -0.2) is 21.1 Å². The fourth-order valence-electron chi connectivity index (χ4n) is 3.74. The Balaban J connectivity index is 1.69. The second kappa shape index (κ2) is 9.64. The first-order valence-corrected chi connectivity index (χ1v) is 11.2. The highest BCUT2D eigenvalue weighted by molar-refractivity contribution is 6.33. The molecule has 2 heterocycles. The summed E-state index contributed by atoms with van der Waals surface area (Å²) in [5, 5.41) is 15.7. The van der Waals surface area contributed by atoms with Gasteiger partial charge in [-0.25, -0.2) is 0 Å². The Morgan fingerprint density at radius 2 is 1.66 bits per heavy atom. The van der Waals surface area contributed by atoms with Crippen molar-refractivity contribution in [3.8, 4) is 11.3 Å². The van der Waals surface area contributed by atoms with Gasteiger partial charge in [0.1, 0.15) is 17.0 Å². The molecule has 0 bridgehead atoms. The molecule has 0 saturated carbocycles. The summed E-state index contributed by atoms with van der Waals surface area (Å²) in [6.45, 7) is 2.30. The monoisotopic (exact) mass is 560 g/mol. The van der Waals surface area contributed by atoms with Crippen molar-refractivity contribution < 1.29 is 40.8 Å². The number of carbonyl (C=O) groups is 1. The molecule has 0 saturated heterocycles. The molecule has 1 aliphatic rings. The molecule has 4 rings (SSSR count). The van der Waals surface area contributed by atoms with Crippen LogP contribution in [0.1, 0.15) is 46.6 Å². The van der Waals surface area contributed by atoms with Crippen LogP contribution in [0.3, 0.4) is 0 Å². The first-order valence-electron chi connectivity index (χ1n) is 10.9. The summed E-state index contributed by atoms with van der Waals surface area (Å²) in [5.41, 5.74) is 0.125. The van der Waals surface area contributed by atoms with Gasteiger partial charge in [0.05, 0.1) is 28.3 Å². The Morgan fingerprint density at radius 1 is 1.05 bits per heavy atom. The average molecular weight is 561 g/mol. The second-order valence-corrected chi connectivity index (χ2v) is 9.33. The summed E-state index contributed by atoms with van der Waals surface area (Å²) in [5.74, 6) is -0.764. The number of carbonyl (C=O) groups excluding carboxylic acids is 1. The summed E-state index contributed by atoms with van der Waals surface area (Å²) in [6, 6.07) is 7.63. The maximum atomic E-state index is 13.5. The molecule has 14 heteroatoms. The van der Waals surface area contributed by atoms with E-state index in [2.05, 4.69) is 16.1 Å². The molecule has 0 atom stereocenters. The van der Waals surface area contributed by atoms with E-state index in [9.17, 15) is 36.2 Å². The Bertz CT molecular complexity index is 1380. The largest absolute Gasteiger partial charge is 0.416 e. The molecule has 1 aromatic heterocycles. The van der Waals surface area contributed by atoms with E-state index in [-0.39, 0.29) is 39.4 Å². The zero-order chi connectivity index (χ0) is 28.0. The number of hydrogen-bond acceptors (Lipinski definition) is 7. The number of ketones is 1. The highest BCUT2D eigenvalue weighted by Crippen LogP contribution is 2.38. The zero-order valence-electron chi connectivity index (χ0n) is 19.6. The first-order chi connectivity index (χ1) is 17.6. The fraction of sp³-hybridized carbons (Fsp3) is 0.250. The molecule has 202 valence electrons. The Morgan fingerprint density at radius 3 is 2.21 bits per heavy atom. The topological polar surface area (TPSA) is 90.6 Å². The van der Waals surface area contributed by atoms with E-state index in [1.54, 1.807) is 24.3 Å². The van der Waals surface area contributed by atoms with Gasteiger partial charge in [0.2, 0.25) is 5.78 Å². The molecule has 38 heavy (non-hydrogen) atoms. The van der Waals surface area contributed by atoms with Crippen LogP contribution in [0, 0.1) is 0 Å². The normalized spacial score (nSPS) is 14.5. The predicted octanol–water partition coefficient (Wildman–Crippen LogP) is 5.81. The number of benzene rings is 2. The maximum Gasteiger partial charge on any atom is 0.416 e. The van der Waals surface area contributed by atoms with E-state index >= 15 is 0 Å². The number of halogens is 7. The van der Waals surface area contributed by atoms with Crippen LogP contribution >= 0.6 is 11.6 Å². The van der Waals surface area contributed by atoms with Crippen molar-refractivity contribution in [1.29, 1.82) is 0 Å². The van der Waals surface area contributed by atoms with Crippen LogP contribution in [-0.2, 0) is 24.5 Å². The van der Waals surface area contributed by atoms with Gasteiger partial charge in [-0.2, -0.15) is 26.3 Å². The molecule has 0 fully saturated rings. The van der Waals surface area contributed by atoms with E-state index < -0.39 is 41.4 Å². The van der Waals surface area contributed by atoms with Crippen molar-refractivity contribution in [2.45, 2.75) is 38.3 Å². The van der Waals surface area contributed by atoms with Gasteiger partial charge in [0.25, 0.3) is 0 Å². The number of nitrogens with zero attached hydrogens (tertiary/aromatic N) is 2. The van der Waals surface area contributed by atoms with Crippen LogP contribution in [0.4, 0.5) is 26.3 Å². The predicted molar refractivity (Wildman–Crippen MR) is 123 cm³/mol. The van der Waals surface area contributed by atoms with Gasteiger partial charge >= 0.3 is 12.4 Å². The highest BCUT2D eigenvalue weighted by Gasteiger charge is 2.38. The third kappa shape index (κ3) is 5.64. The number of nitrogens with one attached hydrogen (secondary N) is 2. The number of aliphatic hydroxyl groups is 1. The van der Waals surface area contributed by atoms with Crippen LogP contribution < -0.4 is 11.0 Å². The third-order valence-corrected chi connectivity index (χ3v) is 5.81. The van der Waals surface area contributed by atoms with Gasteiger partial charge in [-0.1, -0.05) is 28.9 Å². The lowest BCUT2D eigenvalue weighted by Crippen LogP contribution is -2.37. The Hall–Kier alpha value is -3.55. The Kier molecular flexibility index (Phi) is 6.97. The molecule has 3 aromatic rings. The summed E-state index contributed by atoms with van der Waals surface area (Å²) in [4.78, 5) is 13.5. The van der Waals surface area contributed by atoms with Gasteiger partial charge in [-0.15, -0.1) is 5.53 Å². The van der Waals surface area contributed by atoms with Crippen molar-refractivity contribution in [3.05, 3.63) is 87.3 Å². The van der Waals surface area contributed by atoms with Crippen molar-refractivity contribution >= 4 is 17.4 Å². The molecule has 0 spiro atoms. The highest BCUT2D eigenvalue weighted by atomic mass is 35.5. The van der Waals surface area contributed by atoms with Gasteiger partial charge in [-0.3, -0.25) is 15.2 Å². The van der Waals surface area contributed by atoms with Gasteiger partial charge in [-0.05, 0) is 49.7 Å². The standard InChI is InChI=1S/C24H19ClF6N4O3/c1-22(2,37)21-18(20(38-33-21)15-5-3-4-6-16(15)25)19(36)17-11-35(34-32-17)10-12-7-13(23(26,27)28)9-14(8-12)24(29,30)31/h3-9,11,32,34,37H,10H2,1-2H3. The SMILES string of the molecule is CC(C)(O)c1noc(-c2ccccc2Cl)c1C(=O)C1=CN(Cc2cc(C(F)(F)F)cc(C(F)(F)F)c2)NN1. The first kappa shape index (κ1) is 27.5. The van der Waals surface area contributed by atoms with E-state index in [0.29, 0.717) is 17.7 Å². The number of hydrazine groups is 2. The number of aromatic nitrogens is 1. The Labute approximate surface area is 216 Å². The lowest BCUT2D eigenvalue weighted by molar-refractivity contribution is -0.143. The van der Waals surface area contributed by atoms with Crippen molar-refractivity contribution in [2.75, 3.05) is 0 Å². The zero-order valence-corrected chi connectivity index (χ0v) is 20.4. The molecule has 1 aliphatic heterocycles. The van der Waals surface area contributed by atoms with Gasteiger partial charge < -0.3 is 9.63 Å². The van der Waals surface area contributed by atoms with Crippen LogP contribution in [0.5, 0.6) is 0 Å². The molecule has 3 N–H and O–H groups in total. The number of hydrogen-bond donors (Lipinski definition) is 3. The van der Waals surface area contributed by atoms with E-state index in [0.717, 1.165) is 11.2 Å². The van der Waals surface area contributed by atoms with E-state index in [1.807, 2.05) is 0 Å². The fourth-order valence-corrected chi connectivity index (χ4v) is 3.96. The summed E-state index contributed by atoms with van der Waals surface area (Å²) in [6.07, 6.45) is -8.84. The van der Waals surface area contributed by atoms with Gasteiger partial charge in [0, 0.05) is 11.8 Å². The van der Waals surface area contributed by atoms with Crippen LogP contribution in [0.25, 0.3) is 11.3 Å². The number of Topliss-reactive ketones (excluding diaryl/α,β-unsaturated/α-hetero) is 1. The molecule has 2 aromatic carbocycles. The van der Waals surface area contributed by atoms with Crippen molar-refractivity contribution in [3.63, 3.8) is 0 Å². The molecule has 0 unspecified atom stereocenters. The molecular weight excluding hydrogens is 542 g/mol. The molecule has 7 nitrogen and oxygen atoms in total. The smallest absolute Gasteiger partial charge is 0.384 e. The van der Waals surface area contributed by atoms with Gasteiger partial charge in [0.15, 0.2) is 5.76 Å². The summed E-state index contributed by atoms with van der Waals surface area (Å²) >= 11 is 6.25. The maximum absolute atomic E-state index is 13.5. The molecule has 0 amide bonds. The van der Waals surface area contributed by atoms with E-state index in [4.69, 9.17) is 16.1 Å². The molecule has 0 radical (unpaired) electrons. The lowest BCUT2D eigenvalue weighted by atomic mass is 9.94. The van der Waals surface area contributed by atoms with Crippen LogP contribution in [0.15, 0.2) is 58.9 Å². The number of rotatable bonds is 6. The molecule has 0 aliphatic carbocycles. The summed E-state index contributed by atoms with van der Waals surface area (Å²) < 4.78 is 84.6. The minimum Gasteiger partial charge on any atom is -0.384 e. The quantitative estimate of drug-likeness (QED) is 0.259. The van der Waals surface area contributed by atoms with Crippen molar-refractivity contribution in [1.82, 2.24) is 21.1 Å². The second-order valence-electron chi connectivity index (χ2n) is 8.92. The van der Waals surface area contributed by atoms with Crippen molar-refractivity contribution in [2.24, 2.45) is 0 Å². The van der Waals surface area contributed by atoms with E-state index in [1.165, 1.54) is 13.8 Å². The number of alkyl halides is 6. The third-order valence-electron chi connectivity index (χ3n) is 5.48. The summed E-state index contributed by atoms with van der Waals surface area (Å²) in [7, 11) is 0. The number of allylic oxidation sites excluding steroid dienone is 1. The lowest BCUT2D eigenvalue weighted by Gasteiger charge is -2.18. The van der Waals surface area contributed by atoms with Crippen LogP contribution in [0.2, 0.25) is 5.02 Å². The molecular formula is C24H19ClF6N4O3.